The first-order valence-electron chi connectivity index (χ1n) is 45.1. The second-order valence-corrected chi connectivity index (χ2v) is 34.7. The number of esters is 4. The lowest BCUT2D eigenvalue weighted by molar-refractivity contribution is -0.161. The van der Waals surface area contributed by atoms with Crippen LogP contribution in [-0.2, 0) is 65.4 Å². The molecule has 0 saturated carbocycles. The molecule has 17 nitrogen and oxygen atoms in total. The molecular weight excluding hydrogens is 1380 g/mol. The Hall–Kier alpha value is -1.94. The summed E-state index contributed by atoms with van der Waals surface area (Å²) in [7, 11) is -9.92. The van der Waals surface area contributed by atoms with E-state index in [0.29, 0.717) is 25.7 Å². The largest absolute Gasteiger partial charge is 0.472 e. The van der Waals surface area contributed by atoms with Gasteiger partial charge in [0.2, 0.25) is 0 Å². The van der Waals surface area contributed by atoms with Gasteiger partial charge in [-0.2, -0.15) is 0 Å². The van der Waals surface area contributed by atoms with Gasteiger partial charge in [0.25, 0.3) is 0 Å². The molecule has 0 aliphatic carbocycles. The third-order valence-electron chi connectivity index (χ3n) is 20.5. The first-order valence-corrected chi connectivity index (χ1v) is 48.1. The minimum absolute atomic E-state index is 0.107. The minimum Gasteiger partial charge on any atom is -0.462 e. The van der Waals surface area contributed by atoms with Gasteiger partial charge < -0.3 is 33.8 Å². The Balaban J connectivity index is 5.18. The summed E-state index contributed by atoms with van der Waals surface area (Å²) < 4.78 is 68.8. The van der Waals surface area contributed by atoms with Crippen LogP contribution in [0.2, 0.25) is 0 Å². The molecular formula is C87H170O17P2. The van der Waals surface area contributed by atoms with Crippen LogP contribution < -0.4 is 0 Å². The van der Waals surface area contributed by atoms with Crippen LogP contribution in [-0.4, -0.2) is 96.7 Å². The van der Waals surface area contributed by atoms with Gasteiger partial charge in [-0.1, -0.05) is 420 Å². The number of rotatable bonds is 87. The van der Waals surface area contributed by atoms with E-state index in [1.807, 2.05) is 0 Å². The van der Waals surface area contributed by atoms with E-state index in [9.17, 15) is 43.2 Å². The highest BCUT2D eigenvalue weighted by atomic mass is 31.2. The predicted molar refractivity (Wildman–Crippen MR) is 437 cm³/mol. The number of ether oxygens (including phenoxy) is 4. The Labute approximate surface area is 651 Å². The molecule has 3 N–H and O–H groups in total. The highest BCUT2D eigenvalue weighted by Gasteiger charge is 2.30. The molecule has 0 radical (unpaired) electrons. The number of carbonyl (C=O) groups excluding carboxylic acids is 4. The predicted octanol–water partition coefficient (Wildman–Crippen LogP) is 26.8. The second kappa shape index (κ2) is 79.7. The molecule has 0 saturated heterocycles. The molecule has 630 valence electrons. The van der Waals surface area contributed by atoms with Crippen LogP contribution in [0.25, 0.3) is 0 Å². The molecule has 106 heavy (non-hydrogen) atoms. The van der Waals surface area contributed by atoms with Gasteiger partial charge in [0, 0.05) is 25.7 Å². The summed E-state index contributed by atoms with van der Waals surface area (Å²) in [6, 6.07) is 0. The molecule has 0 amide bonds. The van der Waals surface area contributed by atoms with E-state index in [4.69, 9.17) is 37.0 Å². The summed E-state index contributed by atoms with van der Waals surface area (Å²) in [6.45, 7) is 7.34. The van der Waals surface area contributed by atoms with E-state index >= 15 is 0 Å². The number of phosphoric acid groups is 2. The van der Waals surface area contributed by atoms with Gasteiger partial charge >= 0.3 is 39.5 Å². The van der Waals surface area contributed by atoms with E-state index in [-0.39, 0.29) is 25.7 Å². The van der Waals surface area contributed by atoms with Crippen LogP contribution in [0.3, 0.4) is 0 Å². The van der Waals surface area contributed by atoms with E-state index in [0.717, 1.165) is 95.8 Å². The van der Waals surface area contributed by atoms with Gasteiger partial charge in [0.05, 0.1) is 26.4 Å². The van der Waals surface area contributed by atoms with Gasteiger partial charge in [-0.15, -0.1) is 0 Å². The third-order valence-corrected chi connectivity index (χ3v) is 22.4. The molecule has 0 rings (SSSR count). The van der Waals surface area contributed by atoms with E-state index in [2.05, 4.69) is 34.6 Å². The molecule has 19 heteroatoms. The van der Waals surface area contributed by atoms with Crippen molar-refractivity contribution in [3.63, 3.8) is 0 Å². The molecule has 0 bridgehead atoms. The molecule has 0 heterocycles. The van der Waals surface area contributed by atoms with Crippen molar-refractivity contribution in [3.8, 4) is 0 Å². The number of hydrogen-bond donors (Lipinski definition) is 3. The number of unbranched alkanes of at least 4 members (excludes halogenated alkanes) is 59. The summed E-state index contributed by atoms with van der Waals surface area (Å²) in [5.74, 6) is -1.34. The molecule has 2 unspecified atom stereocenters. The van der Waals surface area contributed by atoms with Gasteiger partial charge in [-0.05, 0) is 31.6 Å². The number of hydrogen-bond acceptors (Lipinski definition) is 15. The topological polar surface area (TPSA) is 237 Å². The average Bonchev–Trinajstić information content (AvgIpc) is 0.900. The molecule has 0 aromatic heterocycles. The van der Waals surface area contributed by atoms with Crippen molar-refractivity contribution in [2.24, 2.45) is 5.92 Å². The normalized spacial score (nSPS) is 13.7. The van der Waals surface area contributed by atoms with Crippen molar-refractivity contribution >= 4 is 39.5 Å². The minimum atomic E-state index is -4.97. The average molecular weight is 1550 g/mol. The van der Waals surface area contributed by atoms with Gasteiger partial charge in [-0.3, -0.25) is 37.3 Å². The van der Waals surface area contributed by atoms with Crippen molar-refractivity contribution in [3.05, 3.63) is 0 Å². The fourth-order valence-corrected chi connectivity index (χ4v) is 15.2. The van der Waals surface area contributed by atoms with Crippen LogP contribution in [0.1, 0.15) is 471 Å². The highest BCUT2D eigenvalue weighted by molar-refractivity contribution is 7.47. The van der Waals surface area contributed by atoms with Crippen molar-refractivity contribution in [2.45, 2.75) is 490 Å². The molecule has 0 spiro atoms. The van der Waals surface area contributed by atoms with Crippen molar-refractivity contribution in [2.75, 3.05) is 39.6 Å². The standard InChI is InChI=1S/C87H170O17P2/c1-6-9-12-15-18-21-23-25-27-29-31-33-35-37-39-41-43-47-52-57-62-67-72-86(91)104-83(77-98-85(90)71-66-61-56-51-46-42-40-38-36-34-32-30-28-26-24-22-19-16-13-10-7-2)79-102-106(95,96)100-75-81(88)74-99-105(93,94)101-78-82(76-97-84(89)70-65-60-55-49-20-17-14-11-8-3)103-87(92)73-68-63-58-53-48-44-45-50-54-59-64-69-80(4)5/h80-83,88H,6-79H2,1-5H3,(H,93,94)(H,95,96)/t81-,82+,83+/m0/s1. The first kappa shape index (κ1) is 104. The Kier molecular flexibility index (Phi) is 78.2. The number of aliphatic hydroxyl groups excluding tert-OH is 1. The van der Waals surface area contributed by atoms with Crippen molar-refractivity contribution in [1.29, 1.82) is 0 Å². The van der Waals surface area contributed by atoms with Crippen LogP contribution in [0, 0.1) is 5.92 Å². The van der Waals surface area contributed by atoms with Gasteiger partial charge in [-0.25, -0.2) is 9.13 Å². The summed E-state index contributed by atoms with van der Waals surface area (Å²) in [5.41, 5.74) is 0. The Bertz CT molecular complexity index is 2010. The first-order chi connectivity index (χ1) is 51.5. The monoisotopic (exact) mass is 1550 g/mol. The molecule has 0 aliphatic heterocycles. The Morgan fingerprint density at radius 2 is 0.434 bits per heavy atom. The molecule has 5 atom stereocenters. The maximum atomic E-state index is 13.2. The fourth-order valence-electron chi connectivity index (χ4n) is 13.6. The summed E-state index contributed by atoms with van der Waals surface area (Å²) in [6.07, 6.45) is 73.9. The van der Waals surface area contributed by atoms with Crippen LogP contribution in [0.5, 0.6) is 0 Å². The number of phosphoric ester groups is 2. The zero-order valence-corrected chi connectivity index (χ0v) is 71.4. The summed E-state index contributed by atoms with van der Waals surface area (Å²) in [5, 5.41) is 10.7. The highest BCUT2D eigenvalue weighted by Crippen LogP contribution is 2.45. The third kappa shape index (κ3) is 80.1. The van der Waals surface area contributed by atoms with E-state index < -0.39 is 97.5 Å². The van der Waals surface area contributed by atoms with Crippen molar-refractivity contribution in [1.82, 2.24) is 0 Å². The van der Waals surface area contributed by atoms with E-state index in [1.165, 1.54) is 295 Å². The van der Waals surface area contributed by atoms with Crippen LogP contribution >= 0.6 is 15.6 Å². The van der Waals surface area contributed by atoms with Crippen LogP contribution in [0.15, 0.2) is 0 Å². The molecule has 0 aromatic carbocycles. The fraction of sp³-hybridized carbons (Fsp3) is 0.954. The maximum absolute atomic E-state index is 13.2. The summed E-state index contributed by atoms with van der Waals surface area (Å²) >= 11 is 0. The van der Waals surface area contributed by atoms with Crippen LogP contribution in [0.4, 0.5) is 0 Å². The maximum Gasteiger partial charge on any atom is 0.472 e. The lowest BCUT2D eigenvalue weighted by Crippen LogP contribution is -2.30. The van der Waals surface area contributed by atoms with E-state index in [1.54, 1.807) is 0 Å². The lowest BCUT2D eigenvalue weighted by atomic mass is 10.0. The molecule has 0 aliphatic rings. The number of aliphatic hydroxyl groups is 1. The number of carbonyl (C=O) groups is 4. The smallest absolute Gasteiger partial charge is 0.462 e. The Morgan fingerprint density at radius 3 is 0.642 bits per heavy atom. The molecule has 0 aromatic rings. The summed E-state index contributed by atoms with van der Waals surface area (Å²) in [4.78, 5) is 73.2. The second-order valence-electron chi connectivity index (χ2n) is 31.8. The zero-order valence-electron chi connectivity index (χ0n) is 69.6. The zero-order chi connectivity index (χ0) is 77.6. The van der Waals surface area contributed by atoms with Crippen molar-refractivity contribution < 1.29 is 80.2 Å². The van der Waals surface area contributed by atoms with Gasteiger partial charge in [0.15, 0.2) is 12.2 Å². The van der Waals surface area contributed by atoms with Gasteiger partial charge in [0.1, 0.15) is 19.3 Å². The quantitative estimate of drug-likeness (QED) is 0.0222. The Morgan fingerprint density at radius 1 is 0.255 bits per heavy atom. The molecule has 0 fully saturated rings. The SMILES string of the molecule is CCCCCCCCCCCCCCCCCCCCCCCCC(=O)O[C@H](COC(=O)CCCCCCCCCCCCCCCCCCCCCCC)COP(=O)(O)OC[C@@H](O)COP(=O)(O)OC[C@@H](COC(=O)CCCCCCCCCCC)OC(=O)CCCCCCCCCCCCCC(C)C. The lowest BCUT2D eigenvalue weighted by Gasteiger charge is -2.21.